The second-order valence-electron chi connectivity index (χ2n) is 8.81. The van der Waals surface area contributed by atoms with Gasteiger partial charge in [-0.2, -0.15) is 8.78 Å². The molecule has 0 N–H and O–H groups in total. The molecule has 0 bridgehead atoms. The SMILES string of the molecule is CCCc1ccc(-c2ccc(-c3ccc(C(F)(F)Oc4cc(F)c(O/C=C/C(F)F)c(F)c4)c(F)c3)c(F)c2)nc1. The third-order valence-corrected chi connectivity index (χ3v) is 5.85. The molecule has 0 saturated carbocycles. The van der Waals surface area contributed by atoms with Crippen molar-refractivity contribution in [3.63, 3.8) is 0 Å². The molecule has 0 aliphatic heterocycles. The predicted octanol–water partition coefficient (Wildman–Crippen LogP) is 9.21. The fourth-order valence-corrected chi connectivity index (χ4v) is 3.94. The number of allylic oxidation sites excluding steroid dienone is 1. The zero-order chi connectivity index (χ0) is 29.7. The quantitative estimate of drug-likeness (QED) is 0.139. The third-order valence-electron chi connectivity index (χ3n) is 5.85. The van der Waals surface area contributed by atoms with Gasteiger partial charge in [0.2, 0.25) is 0 Å². The molecule has 0 fully saturated rings. The van der Waals surface area contributed by atoms with E-state index in [2.05, 4.69) is 14.5 Å². The number of hydrogen-bond acceptors (Lipinski definition) is 3. The average molecular weight is 579 g/mol. The van der Waals surface area contributed by atoms with Crippen molar-refractivity contribution in [1.82, 2.24) is 4.98 Å². The topological polar surface area (TPSA) is 31.4 Å². The van der Waals surface area contributed by atoms with Crippen molar-refractivity contribution in [2.75, 3.05) is 0 Å². The van der Waals surface area contributed by atoms with Crippen LogP contribution in [0.2, 0.25) is 0 Å². The molecule has 0 atom stereocenters. The smallest absolute Gasteiger partial charge is 0.429 e. The van der Waals surface area contributed by atoms with Gasteiger partial charge in [0.25, 0.3) is 6.43 Å². The van der Waals surface area contributed by atoms with E-state index in [0.717, 1.165) is 24.5 Å². The standard InChI is InChI=1S/C30H21F8NO2/c1-2-3-17-4-9-27(39-16-17)19-5-7-21(23(31)13-19)18-6-8-22(24(32)12-18)30(37,38)41-20-14-25(33)29(26(34)15-20)40-11-10-28(35)36/h4-16,28H,2-3H2,1H3/b11-10+. The van der Waals surface area contributed by atoms with E-state index < -0.39 is 52.9 Å². The van der Waals surface area contributed by atoms with Crippen LogP contribution in [0.4, 0.5) is 35.1 Å². The molecule has 1 heterocycles. The first-order valence-electron chi connectivity index (χ1n) is 12.2. The average Bonchev–Trinajstić information content (AvgIpc) is 2.90. The van der Waals surface area contributed by atoms with E-state index in [9.17, 15) is 35.1 Å². The normalized spacial score (nSPS) is 11.9. The summed E-state index contributed by atoms with van der Waals surface area (Å²) in [5.74, 6) is -7.44. The Balaban J connectivity index is 1.54. The molecule has 4 rings (SSSR count). The predicted molar refractivity (Wildman–Crippen MR) is 136 cm³/mol. The zero-order valence-electron chi connectivity index (χ0n) is 21.3. The van der Waals surface area contributed by atoms with E-state index in [1.807, 2.05) is 13.0 Å². The minimum Gasteiger partial charge on any atom is -0.459 e. The van der Waals surface area contributed by atoms with Crippen molar-refractivity contribution in [1.29, 1.82) is 0 Å². The van der Waals surface area contributed by atoms with E-state index >= 15 is 0 Å². The lowest BCUT2D eigenvalue weighted by molar-refractivity contribution is -0.187. The number of rotatable bonds is 10. The molecule has 3 nitrogen and oxygen atoms in total. The van der Waals surface area contributed by atoms with Crippen molar-refractivity contribution >= 4 is 0 Å². The Morgan fingerprint density at radius 1 is 0.829 bits per heavy atom. The highest BCUT2D eigenvalue weighted by Gasteiger charge is 2.38. The Kier molecular flexibility index (Phi) is 8.95. The fourth-order valence-electron chi connectivity index (χ4n) is 3.94. The molecule has 0 aliphatic carbocycles. The minimum absolute atomic E-state index is 0.0483. The summed E-state index contributed by atoms with van der Waals surface area (Å²) >= 11 is 0. The molecule has 0 unspecified atom stereocenters. The van der Waals surface area contributed by atoms with Gasteiger partial charge < -0.3 is 9.47 Å². The fraction of sp³-hybridized carbons (Fsp3) is 0.167. The van der Waals surface area contributed by atoms with Crippen molar-refractivity contribution < 1.29 is 44.6 Å². The van der Waals surface area contributed by atoms with Crippen molar-refractivity contribution in [2.45, 2.75) is 32.3 Å². The van der Waals surface area contributed by atoms with E-state index in [4.69, 9.17) is 0 Å². The second-order valence-corrected chi connectivity index (χ2v) is 8.81. The van der Waals surface area contributed by atoms with Gasteiger partial charge in [-0.3, -0.25) is 4.98 Å². The molecule has 4 aromatic rings. The van der Waals surface area contributed by atoms with Gasteiger partial charge in [-0.1, -0.05) is 37.6 Å². The molecule has 0 aliphatic rings. The van der Waals surface area contributed by atoms with Crippen LogP contribution in [0.25, 0.3) is 22.4 Å². The number of halogens is 8. The van der Waals surface area contributed by atoms with Gasteiger partial charge in [0, 0.05) is 35.5 Å². The number of nitrogens with zero attached hydrogens (tertiary/aromatic N) is 1. The molecule has 3 aromatic carbocycles. The van der Waals surface area contributed by atoms with Crippen LogP contribution >= 0.6 is 0 Å². The summed E-state index contributed by atoms with van der Waals surface area (Å²) in [6.07, 6.45) is -3.33. The highest BCUT2D eigenvalue weighted by Crippen LogP contribution is 2.37. The summed E-state index contributed by atoms with van der Waals surface area (Å²) in [5.41, 5.74) is 0.624. The largest absolute Gasteiger partial charge is 0.459 e. The molecule has 214 valence electrons. The molecular weight excluding hydrogens is 558 g/mol. The Bertz CT molecular complexity index is 1530. The lowest BCUT2D eigenvalue weighted by Crippen LogP contribution is -2.23. The van der Waals surface area contributed by atoms with Crippen LogP contribution in [-0.2, 0) is 12.5 Å². The maximum atomic E-state index is 15.0. The first-order chi connectivity index (χ1) is 19.5. The molecule has 11 heteroatoms. The van der Waals surface area contributed by atoms with Gasteiger partial charge >= 0.3 is 6.11 Å². The van der Waals surface area contributed by atoms with Crippen molar-refractivity contribution in [2.24, 2.45) is 0 Å². The number of pyridine rings is 1. The van der Waals surface area contributed by atoms with Crippen LogP contribution in [0.3, 0.4) is 0 Å². The van der Waals surface area contributed by atoms with Crippen LogP contribution in [0.15, 0.2) is 79.2 Å². The van der Waals surface area contributed by atoms with E-state index in [0.29, 0.717) is 41.8 Å². The Morgan fingerprint density at radius 3 is 2.10 bits per heavy atom. The van der Waals surface area contributed by atoms with E-state index in [-0.39, 0.29) is 17.2 Å². The number of hydrogen-bond donors (Lipinski definition) is 0. The first kappa shape index (κ1) is 29.6. The Morgan fingerprint density at radius 2 is 1.51 bits per heavy atom. The first-order valence-corrected chi connectivity index (χ1v) is 12.2. The lowest BCUT2D eigenvalue weighted by Gasteiger charge is -2.20. The van der Waals surface area contributed by atoms with Crippen LogP contribution in [0.1, 0.15) is 24.5 Å². The second kappa shape index (κ2) is 12.4. The molecule has 0 radical (unpaired) electrons. The zero-order valence-corrected chi connectivity index (χ0v) is 21.3. The van der Waals surface area contributed by atoms with Gasteiger partial charge in [-0.25, -0.2) is 26.3 Å². The maximum Gasteiger partial charge on any atom is 0.429 e. The van der Waals surface area contributed by atoms with Crippen LogP contribution < -0.4 is 9.47 Å². The summed E-state index contributed by atoms with van der Waals surface area (Å²) in [6, 6.07) is 10.8. The molecule has 1 aromatic heterocycles. The van der Waals surface area contributed by atoms with Gasteiger partial charge in [-0.05, 0) is 41.8 Å². The van der Waals surface area contributed by atoms with Crippen LogP contribution in [-0.4, -0.2) is 11.4 Å². The van der Waals surface area contributed by atoms with Gasteiger partial charge in [0.05, 0.1) is 17.5 Å². The Labute approximate surface area is 229 Å². The molecule has 0 amide bonds. The van der Waals surface area contributed by atoms with Crippen molar-refractivity contribution in [3.05, 3.63) is 114 Å². The molecular formula is C30H21F8NO2. The molecule has 41 heavy (non-hydrogen) atoms. The number of alkyl halides is 4. The van der Waals surface area contributed by atoms with Gasteiger partial charge in [0.1, 0.15) is 17.4 Å². The van der Waals surface area contributed by atoms with Crippen molar-refractivity contribution in [3.8, 4) is 33.9 Å². The number of aryl methyl sites for hydroxylation is 1. The summed E-state index contributed by atoms with van der Waals surface area (Å²) in [7, 11) is 0. The monoisotopic (exact) mass is 579 g/mol. The highest BCUT2D eigenvalue weighted by atomic mass is 19.3. The van der Waals surface area contributed by atoms with Gasteiger partial charge in [0.15, 0.2) is 17.4 Å². The maximum absolute atomic E-state index is 15.0. The summed E-state index contributed by atoms with van der Waals surface area (Å²) < 4.78 is 121. The van der Waals surface area contributed by atoms with E-state index in [1.54, 1.807) is 18.3 Å². The molecule has 0 spiro atoms. The third kappa shape index (κ3) is 7.03. The summed E-state index contributed by atoms with van der Waals surface area (Å²) in [6.45, 7) is 2.03. The lowest BCUT2D eigenvalue weighted by atomic mass is 9.99. The van der Waals surface area contributed by atoms with E-state index in [1.165, 1.54) is 12.1 Å². The summed E-state index contributed by atoms with van der Waals surface area (Å²) in [4.78, 5) is 4.33. The van der Waals surface area contributed by atoms with Crippen LogP contribution in [0.5, 0.6) is 11.5 Å². The summed E-state index contributed by atoms with van der Waals surface area (Å²) in [5, 5.41) is 0. The van der Waals surface area contributed by atoms with Gasteiger partial charge in [-0.15, -0.1) is 0 Å². The minimum atomic E-state index is -4.41. The van der Waals surface area contributed by atoms with Crippen LogP contribution in [0, 0.1) is 23.3 Å². The number of aromatic nitrogens is 1. The number of benzene rings is 3. The highest BCUT2D eigenvalue weighted by molar-refractivity contribution is 5.70. The number of ether oxygens (including phenoxy) is 2. The molecule has 0 saturated heterocycles. The Hall–Kier alpha value is -4.41.